The summed E-state index contributed by atoms with van der Waals surface area (Å²) in [5.41, 5.74) is 4.69. The lowest BCUT2D eigenvalue weighted by atomic mass is 9.70. The predicted molar refractivity (Wildman–Crippen MR) is 199 cm³/mol. The molecule has 5 atom stereocenters. The number of rotatable bonds is 3. The summed E-state index contributed by atoms with van der Waals surface area (Å²) in [6, 6.07) is 13.2. The minimum Gasteiger partial charge on any atom is -0.491 e. The molecule has 1 fully saturated rings. The minimum absolute atomic E-state index is 0.00865. The molecule has 2 amide bonds. The lowest BCUT2D eigenvalue weighted by molar-refractivity contribution is 0.0133. The van der Waals surface area contributed by atoms with Crippen LogP contribution in [0.3, 0.4) is 0 Å². The summed E-state index contributed by atoms with van der Waals surface area (Å²) in [4.78, 5) is 29.9. The van der Waals surface area contributed by atoms with Crippen molar-refractivity contribution in [1.82, 2.24) is 9.29 Å². The highest BCUT2D eigenvalue weighted by Crippen LogP contribution is 2.42. The molecule has 0 spiro atoms. The maximum atomic E-state index is 14.6. The number of ether oxygens (including phenoxy) is 3. The van der Waals surface area contributed by atoms with E-state index in [9.17, 15) is 13.8 Å². The summed E-state index contributed by atoms with van der Waals surface area (Å²) >= 11 is 6.47. The Balaban J connectivity index is 1.30. The second-order valence-electron chi connectivity index (χ2n) is 14.4. The van der Waals surface area contributed by atoms with Crippen LogP contribution in [0.1, 0.15) is 76.6 Å². The number of methoxy groups -OCH3 is 1. The van der Waals surface area contributed by atoms with Crippen molar-refractivity contribution in [3.05, 3.63) is 93.8 Å². The molecule has 272 valence electrons. The summed E-state index contributed by atoms with van der Waals surface area (Å²) < 4.78 is 41.5. The average molecular weight is 735 g/mol. The summed E-state index contributed by atoms with van der Waals surface area (Å²) in [6.07, 6.45) is 11.3. The smallest absolute Gasteiger partial charge is 0.286 e. The Morgan fingerprint density at radius 3 is 2.78 bits per heavy atom. The van der Waals surface area contributed by atoms with Crippen LogP contribution >= 0.6 is 11.6 Å². The first-order valence-electron chi connectivity index (χ1n) is 18.0. The van der Waals surface area contributed by atoms with Crippen molar-refractivity contribution in [2.45, 2.75) is 71.2 Å². The lowest BCUT2D eigenvalue weighted by Gasteiger charge is -2.43. The molecule has 1 aliphatic carbocycles. The van der Waals surface area contributed by atoms with Crippen LogP contribution in [-0.4, -0.2) is 59.3 Å². The molecule has 7 rings (SSSR count). The maximum absolute atomic E-state index is 14.6. The molecule has 12 heteroatoms. The normalized spacial score (nSPS) is 27.6. The summed E-state index contributed by atoms with van der Waals surface area (Å²) in [6.45, 7) is 5.42. The Kier molecular flexibility index (Phi) is 10.9. The zero-order chi connectivity index (χ0) is 35.5. The number of amides is 2. The molecule has 1 saturated carbocycles. The molecular formula is C39H47ClN4O6S. The van der Waals surface area contributed by atoms with Crippen molar-refractivity contribution in [2.75, 3.05) is 37.5 Å². The van der Waals surface area contributed by atoms with Crippen LogP contribution in [0.15, 0.2) is 65.2 Å². The van der Waals surface area contributed by atoms with Crippen LogP contribution in [0.5, 0.6) is 5.75 Å². The molecule has 0 saturated heterocycles. The highest BCUT2D eigenvalue weighted by atomic mass is 35.5. The van der Waals surface area contributed by atoms with Gasteiger partial charge in [-0.3, -0.25) is 14.3 Å². The number of anilines is 1. The molecule has 0 unspecified atom stereocenters. The van der Waals surface area contributed by atoms with Gasteiger partial charge in [0.05, 0.1) is 42.9 Å². The van der Waals surface area contributed by atoms with Gasteiger partial charge in [0.2, 0.25) is 0 Å². The standard InChI is InChI=1S/C39H47ClN4O6S/c1-26-6-5-8-36(48-2)34-13-10-30(34)22-44-21-29-9-12-32(40)18-27(29)7-3-4-16-50-37-14-11-28(20-35(37)44)38(45)41-51(47,25-26)42-39(46)31-19-33-24-49-17-15-43(33)23-31/h5,8-9,11-12,14,18-20,23,26,30,34,36H,3-4,6-7,10,13,15-17,21-22,24-25H2,1-2H3,(H,41,42,45,46,47)/b8-5+/t26-,30-,34+,36-,51-/m0/s1. The van der Waals surface area contributed by atoms with Gasteiger partial charge in [-0.05, 0) is 104 Å². The van der Waals surface area contributed by atoms with Crippen LogP contribution in [0.2, 0.25) is 5.02 Å². The molecule has 3 aliphatic heterocycles. The molecule has 3 aromatic rings. The monoisotopic (exact) mass is 734 g/mol. The van der Waals surface area contributed by atoms with E-state index in [1.54, 1.807) is 25.4 Å². The summed E-state index contributed by atoms with van der Waals surface area (Å²) in [5.74, 6) is 0.0549. The van der Waals surface area contributed by atoms with Gasteiger partial charge >= 0.3 is 0 Å². The molecule has 2 bridgehead atoms. The molecular weight excluding hydrogens is 688 g/mol. The third-order valence-corrected chi connectivity index (χ3v) is 12.9. The van der Waals surface area contributed by atoms with Crippen molar-refractivity contribution < 1.29 is 28.0 Å². The van der Waals surface area contributed by atoms with Gasteiger partial charge in [-0.15, -0.1) is 4.36 Å². The van der Waals surface area contributed by atoms with E-state index in [-0.39, 0.29) is 23.3 Å². The fourth-order valence-corrected chi connectivity index (χ4v) is 9.81. The number of halogens is 1. The Morgan fingerprint density at radius 1 is 1.10 bits per heavy atom. The number of carbonyl (C=O) groups excluding carboxylic acids is 2. The van der Waals surface area contributed by atoms with Gasteiger partial charge in [0.15, 0.2) is 0 Å². The molecule has 0 radical (unpaired) electrons. The number of carbonyl (C=O) groups is 2. The van der Waals surface area contributed by atoms with Gasteiger partial charge in [0.25, 0.3) is 11.8 Å². The topological polar surface area (TPSA) is 111 Å². The molecule has 2 aromatic carbocycles. The Bertz CT molecular complexity index is 1910. The number of nitrogens with zero attached hydrogens (tertiary/aromatic N) is 3. The largest absolute Gasteiger partial charge is 0.491 e. The number of hydrogen-bond acceptors (Lipinski definition) is 7. The zero-order valence-electron chi connectivity index (χ0n) is 29.4. The van der Waals surface area contributed by atoms with Gasteiger partial charge in [-0.1, -0.05) is 36.7 Å². The summed E-state index contributed by atoms with van der Waals surface area (Å²) in [7, 11) is -1.78. The quantitative estimate of drug-likeness (QED) is 0.289. The lowest BCUT2D eigenvalue weighted by Crippen LogP contribution is -2.43. The SMILES string of the molecule is CO[C@H]1/C=C/C[C@H](C)C[S@@](=O)(NC(=O)c2cc3n(c2)CCOC3)=NC(=O)c2ccc3c(c2)N(Cc2ccc(Cl)cc2CCCCO3)C[C@@H]2CC[C@H]21. The highest BCUT2D eigenvalue weighted by Gasteiger charge is 2.38. The van der Waals surface area contributed by atoms with Crippen molar-refractivity contribution in [3.63, 3.8) is 0 Å². The van der Waals surface area contributed by atoms with Crippen LogP contribution in [0.25, 0.3) is 0 Å². The molecule has 1 aromatic heterocycles. The highest BCUT2D eigenvalue weighted by molar-refractivity contribution is 7.92. The predicted octanol–water partition coefficient (Wildman–Crippen LogP) is 6.98. The number of aryl methyl sites for hydroxylation is 1. The van der Waals surface area contributed by atoms with E-state index in [0.717, 1.165) is 50.0 Å². The first kappa shape index (κ1) is 35.7. The Labute approximate surface area is 305 Å². The van der Waals surface area contributed by atoms with E-state index < -0.39 is 21.7 Å². The van der Waals surface area contributed by atoms with Crippen molar-refractivity contribution >= 4 is 39.0 Å². The van der Waals surface area contributed by atoms with Crippen LogP contribution in [0, 0.1) is 17.8 Å². The van der Waals surface area contributed by atoms with Gasteiger partial charge < -0.3 is 23.7 Å². The fraction of sp³-hybridized carbons (Fsp3) is 0.487. The van der Waals surface area contributed by atoms with E-state index in [1.165, 1.54) is 11.1 Å². The maximum Gasteiger partial charge on any atom is 0.286 e. The van der Waals surface area contributed by atoms with Gasteiger partial charge in [0.1, 0.15) is 15.7 Å². The van der Waals surface area contributed by atoms with E-state index in [4.69, 9.17) is 25.8 Å². The number of nitrogens with one attached hydrogen (secondary N) is 1. The molecule has 51 heavy (non-hydrogen) atoms. The zero-order valence-corrected chi connectivity index (χ0v) is 30.9. The van der Waals surface area contributed by atoms with Gasteiger partial charge in [0, 0.05) is 49.2 Å². The fourth-order valence-electron chi connectivity index (χ4n) is 7.73. The van der Waals surface area contributed by atoms with E-state index >= 15 is 0 Å². The van der Waals surface area contributed by atoms with Crippen molar-refractivity contribution in [1.29, 1.82) is 0 Å². The Morgan fingerprint density at radius 2 is 1.98 bits per heavy atom. The first-order valence-corrected chi connectivity index (χ1v) is 20.1. The van der Waals surface area contributed by atoms with Crippen LogP contribution in [-0.2, 0) is 45.5 Å². The van der Waals surface area contributed by atoms with Crippen LogP contribution < -0.4 is 14.4 Å². The summed E-state index contributed by atoms with van der Waals surface area (Å²) in [5, 5.41) is 0.715. The molecule has 1 N–H and O–H groups in total. The second kappa shape index (κ2) is 15.5. The average Bonchev–Trinajstić information content (AvgIpc) is 3.53. The molecule has 4 aliphatic rings. The van der Waals surface area contributed by atoms with E-state index in [2.05, 4.69) is 38.3 Å². The van der Waals surface area contributed by atoms with Crippen LogP contribution in [0.4, 0.5) is 5.69 Å². The Hall–Kier alpha value is -3.64. The number of benzene rings is 2. The third-order valence-electron chi connectivity index (χ3n) is 10.6. The first-order chi connectivity index (χ1) is 24.7. The number of fused-ring (bicyclic) bond motifs is 4. The van der Waals surface area contributed by atoms with Gasteiger partial charge in [-0.25, -0.2) is 4.21 Å². The van der Waals surface area contributed by atoms with E-state index in [0.29, 0.717) is 67.5 Å². The third kappa shape index (κ3) is 8.22. The van der Waals surface area contributed by atoms with Crippen molar-refractivity contribution in [2.24, 2.45) is 22.1 Å². The second-order valence-corrected chi connectivity index (χ2v) is 16.8. The molecule has 10 nitrogen and oxygen atoms in total. The van der Waals surface area contributed by atoms with E-state index in [1.807, 2.05) is 29.7 Å². The number of allylic oxidation sites excluding steroid dienone is 1. The minimum atomic E-state index is -3.54. The molecule has 4 heterocycles. The number of hydrogen-bond donors (Lipinski definition) is 1. The number of aromatic nitrogens is 1. The van der Waals surface area contributed by atoms with Crippen molar-refractivity contribution in [3.8, 4) is 5.75 Å². The van der Waals surface area contributed by atoms with Gasteiger partial charge in [-0.2, -0.15) is 0 Å².